The predicted molar refractivity (Wildman–Crippen MR) is 70.3 cm³/mol. The van der Waals surface area contributed by atoms with Gasteiger partial charge in [0, 0.05) is 19.6 Å². The highest BCUT2D eigenvalue weighted by Crippen LogP contribution is 2.14. The summed E-state index contributed by atoms with van der Waals surface area (Å²) in [6.07, 6.45) is -0.426. The summed E-state index contributed by atoms with van der Waals surface area (Å²) in [7, 11) is 0. The number of nitrogens with one attached hydrogen (secondary N) is 1. The Hall–Kier alpha value is -0.650. The molecule has 0 spiro atoms. The zero-order chi connectivity index (χ0) is 13.7. The summed E-state index contributed by atoms with van der Waals surface area (Å²) in [5.74, 6) is 0.303. The van der Waals surface area contributed by atoms with Crippen LogP contribution < -0.4 is 5.32 Å². The molecule has 0 aromatic heterocycles. The number of aliphatic hydroxyl groups excluding tert-OH is 1. The molecule has 5 heteroatoms. The fourth-order valence-electron chi connectivity index (χ4n) is 2.29. The van der Waals surface area contributed by atoms with Crippen molar-refractivity contribution in [2.45, 2.75) is 45.9 Å². The molecular formula is C13H26N2O3. The van der Waals surface area contributed by atoms with Crippen LogP contribution in [-0.4, -0.2) is 60.4 Å². The van der Waals surface area contributed by atoms with Crippen LogP contribution in [0.25, 0.3) is 0 Å². The van der Waals surface area contributed by atoms with E-state index in [0.29, 0.717) is 19.7 Å². The second-order valence-corrected chi connectivity index (χ2v) is 5.51. The van der Waals surface area contributed by atoms with Crippen LogP contribution in [0.5, 0.6) is 0 Å². The molecule has 0 aromatic rings. The maximum absolute atomic E-state index is 11.8. The number of nitrogens with zero attached hydrogens (tertiary/aromatic N) is 1. The van der Waals surface area contributed by atoms with E-state index < -0.39 is 6.10 Å². The van der Waals surface area contributed by atoms with Crippen LogP contribution in [0, 0.1) is 5.92 Å². The van der Waals surface area contributed by atoms with Gasteiger partial charge in [-0.25, -0.2) is 0 Å². The molecule has 1 amide bonds. The molecule has 1 rings (SSSR count). The zero-order valence-electron chi connectivity index (χ0n) is 11.8. The van der Waals surface area contributed by atoms with Crippen LogP contribution in [0.2, 0.25) is 0 Å². The number of hydrogen-bond acceptors (Lipinski definition) is 4. The van der Waals surface area contributed by atoms with Gasteiger partial charge in [0.15, 0.2) is 0 Å². The standard InChI is InChI=1S/C13H26N2O3/c1-9(2)12-13(17)14-5-6-15(12)7-11(16)8-18-10(3)4/h9-12,16H,5-8H2,1-4H3,(H,14,17). The molecular weight excluding hydrogens is 232 g/mol. The highest BCUT2D eigenvalue weighted by Gasteiger charge is 2.32. The Morgan fingerprint density at radius 1 is 1.44 bits per heavy atom. The topological polar surface area (TPSA) is 61.8 Å². The Kier molecular flexibility index (Phi) is 6.05. The fourth-order valence-corrected chi connectivity index (χ4v) is 2.29. The predicted octanol–water partition coefficient (Wildman–Crippen LogP) is 0.229. The van der Waals surface area contributed by atoms with E-state index in [0.717, 1.165) is 6.54 Å². The van der Waals surface area contributed by atoms with E-state index in [1.807, 2.05) is 27.7 Å². The summed E-state index contributed by atoms with van der Waals surface area (Å²) in [5.41, 5.74) is 0. The molecule has 2 unspecified atom stereocenters. The third-order valence-electron chi connectivity index (χ3n) is 3.06. The Balaban J connectivity index is 2.49. The largest absolute Gasteiger partial charge is 0.389 e. The molecule has 106 valence electrons. The fraction of sp³-hybridized carbons (Fsp3) is 0.923. The highest BCUT2D eigenvalue weighted by molar-refractivity contribution is 5.82. The van der Waals surface area contributed by atoms with Crippen LogP contribution in [-0.2, 0) is 9.53 Å². The number of β-amino-alcohol motifs (C(OH)–C–C–N with tert-alkyl or cyclic N) is 1. The van der Waals surface area contributed by atoms with E-state index in [1.165, 1.54) is 0 Å². The molecule has 1 aliphatic heterocycles. The third-order valence-corrected chi connectivity index (χ3v) is 3.06. The van der Waals surface area contributed by atoms with Crippen molar-refractivity contribution < 1.29 is 14.6 Å². The number of amides is 1. The van der Waals surface area contributed by atoms with Gasteiger partial charge in [0.1, 0.15) is 0 Å². The highest BCUT2D eigenvalue weighted by atomic mass is 16.5. The monoisotopic (exact) mass is 258 g/mol. The van der Waals surface area contributed by atoms with Crippen LogP contribution in [0.3, 0.4) is 0 Å². The van der Waals surface area contributed by atoms with Gasteiger partial charge >= 0.3 is 0 Å². The van der Waals surface area contributed by atoms with Crippen molar-refractivity contribution in [3.63, 3.8) is 0 Å². The van der Waals surface area contributed by atoms with Crippen molar-refractivity contribution in [3.8, 4) is 0 Å². The van der Waals surface area contributed by atoms with Crippen LogP contribution in [0.1, 0.15) is 27.7 Å². The number of carbonyl (C=O) groups excluding carboxylic acids is 1. The minimum Gasteiger partial charge on any atom is -0.389 e. The minimum absolute atomic E-state index is 0.0632. The smallest absolute Gasteiger partial charge is 0.237 e. The lowest BCUT2D eigenvalue weighted by molar-refractivity contribution is -0.132. The summed E-state index contributed by atoms with van der Waals surface area (Å²) in [6, 6.07) is -0.146. The van der Waals surface area contributed by atoms with Crippen molar-refractivity contribution in [1.82, 2.24) is 10.2 Å². The second-order valence-electron chi connectivity index (χ2n) is 5.51. The molecule has 1 aliphatic rings. The molecule has 2 N–H and O–H groups in total. The van der Waals surface area contributed by atoms with Crippen molar-refractivity contribution >= 4 is 5.91 Å². The van der Waals surface area contributed by atoms with Gasteiger partial charge in [-0.1, -0.05) is 13.8 Å². The van der Waals surface area contributed by atoms with E-state index in [-0.39, 0.29) is 24.0 Å². The molecule has 1 heterocycles. The summed E-state index contributed by atoms with van der Waals surface area (Å²) in [4.78, 5) is 13.9. The third kappa shape index (κ3) is 4.55. The quantitative estimate of drug-likeness (QED) is 0.716. The molecule has 0 radical (unpaired) electrons. The molecule has 18 heavy (non-hydrogen) atoms. The van der Waals surface area contributed by atoms with Gasteiger partial charge in [0.2, 0.25) is 5.91 Å². The van der Waals surface area contributed by atoms with Gasteiger partial charge in [0.05, 0.1) is 24.9 Å². The van der Waals surface area contributed by atoms with Gasteiger partial charge < -0.3 is 15.2 Å². The summed E-state index contributed by atoms with van der Waals surface area (Å²) >= 11 is 0. The van der Waals surface area contributed by atoms with Crippen LogP contribution >= 0.6 is 0 Å². The van der Waals surface area contributed by atoms with E-state index in [2.05, 4.69) is 10.2 Å². The molecule has 1 fully saturated rings. The number of hydrogen-bond donors (Lipinski definition) is 2. The molecule has 2 atom stereocenters. The first kappa shape index (κ1) is 15.4. The van der Waals surface area contributed by atoms with E-state index >= 15 is 0 Å². The second kappa shape index (κ2) is 7.07. The zero-order valence-corrected chi connectivity index (χ0v) is 11.8. The van der Waals surface area contributed by atoms with Gasteiger partial charge in [-0.05, 0) is 19.8 Å². The average molecular weight is 258 g/mol. The molecule has 0 bridgehead atoms. The van der Waals surface area contributed by atoms with E-state index in [9.17, 15) is 9.90 Å². The van der Waals surface area contributed by atoms with Gasteiger partial charge in [-0.2, -0.15) is 0 Å². The Bertz CT molecular complexity index is 269. The van der Waals surface area contributed by atoms with Crippen molar-refractivity contribution in [3.05, 3.63) is 0 Å². The summed E-state index contributed by atoms with van der Waals surface area (Å²) in [5, 5.41) is 12.8. The summed E-state index contributed by atoms with van der Waals surface area (Å²) in [6.45, 7) is 10.2. The van der Waals surface area contributed by atoms with Gasteiger partial charge in [0.25, 0.3) is 0 Å². The van der Waals surface area contributed by atoms with Crippen LogP contribution in [0.4, 0.5) is 0 Å². The molecule has 5 nitrogen and oxygen atoms in total. The Labute approximate surface area is 109 Å². The first-order valence-electron chi connectivity index (χ1n) is 6.73. The number of ether oxygens (including phenoxy) is 1. The van der Waals surface area contributed by atoms with E-state index in [4.69, 9.17) is 4.74 Å². The van der Waals surface area contributed by atoms with Crippen molar-refractivity contribution in [2.75, 3.05) is 26.2 Å². The van der Waals surface area contributed by atoms with Gasteiger partial charge in [-0.3, -0.25) is 9.69 Å². The average Bonchev–Trinajstić information content (AvgIpc) is 2.26. The molecule has 1 saturated heterocycles. The lowest BCUT2D eigenvalue weighted by atomic mass is 9.99. The number of aliphatic hydroxyl groups is 1. The lowest BCUT2D eigenvalue weighted by Crippen LogP contribution is -2.59. The van der Waals surface area contributed by atoms with Gasteiger partial charge in [-0.15, -0.1) is 0 Å². The molecule has 0 aromatic carbocycles. The normalized spacial score (nSPS) is 23.5. The first-order chi connectivity index (χ1) is 8.41. The first-order valence-corrected chi connectivity index (χ1v) is 6.73. The minimum atomic E-state index is -0.542. The number of piperazine rings is 1. The van der Waals surface area contributed by atoms with E-state index in [1.54, 1.807) is 0 Å². The SMILES string of the molecule is CC(C)OCC(O)CN1CCNC(=O)C1C(C)C. The maximum atomic E-state index is 11.8. The summed E-state index contributed by atoms with van der Waals surface area (Å²) < 4.78 is 5.39. The Morgan fingerprint density at radius 2 is 2.11 bits per heavy atom. The van der Waals surface area contributed by atoms with Crippen molar-refractivity contribution in [1.29, 1.82) is 0 Å². The van der Waals surface area contributed by atoms with Crippen LogP contribution in [0.15, 0.2) is 0 Å². The lowest BCUT2D eigenvalue weighted by Gasteiger charge is -2.38. The number of carbonyl (C=O) groups is 1. The van der Waals surface area contributed by atoms with Crippen molar-refractivity contribution in [2.24, 2.45) is 5.92 Å². The number of rotatable bonds is 6. The Morgan fingerprint density at radius 3 is 2.67 bits per heavy atom. The maximum Gasteiger partial charge on any atom is 0.237 e. The molecule has 0 saturated carbocycles. The molecule has 0 aliphatic carbocycles.